The fourth-order valence-electron chi connectivity index (χ4n) is 8.95. The van der Waals surface area contributed by atoms with Crippen LogP contribution in [0.2, 0.25) is 0 Å². The molecular weight excluding hydrogens is 364 g/mol. The summed E-state index contributed by atoms with van der Waals surface area (Å²) >= 11 is 0. The number of carboxylic acid groups (broad SMARTS) is 1. The van der Waals surface area contributed by atoms with E-state index in [-0.39, 0.29) is 6.10 Å². The molecule has 4 aliphatic carbocycles. The van der Waals surface area contributed by atoms with Crippen LogP contribution < -0.4 is 0 Å². The van der Waals surface area contributed by atoms with E-state index in [0.29, 0.717) is 58.9 Å². The van der Waals surface area contributed by atoms with Gasteiger partial charge < -0.3 is 14.9 Å². The van der Waals surface area contributed by atoms with Gasteiger partial charge in [0.25, 0.3) is 0 Å². The SMILES string of the molecule is COC1CC2CC(O)CCC2(C)C2CCC3(C)C(C(C)CCC(=O)O)CCC3C12. The van der Waals surface area contributed by atoms with Crippen LogP contribution in [0, 0.1) is 46.3 Å². The molecular formula is C25H42O4. The van der Waals surface area contributed by atoms with Gasteiger partial charge in [-0.25, -0.2) is 0 Å². The van der Waals surface area contributed by atoms with Gasteiger partial charge in [0.2, 0.25) is 0 Å². The van der Waals surface area contributed by atoms with Crippen molar-refractivity contribution >= 4 is 5.97 Å². The zero-order chi connectivity index (χ0) is 21.0. The van der Waals surface area contributed by atoms with Gasteiger partial charge in [0, 0.05) is 13.5 Å². The predicted molar refractivity (Wildman–Crippen MR) is 113 cm³/mol. The molecule has 4 heteroatoms. The normalized spacial score (nSPS) is 50.3. The molecule has 0 aromatic heterocycles. The zero-order valence-electron chi connectivity index (χ0n) is 18.9. The summed E-state index contributed by atoms with van der Waals surface area (Å²) in [5, 5.41) is 19.5. The Labute approximate surface area is 176 Å². The van der Waals surface area contributed by atoms with E-state index in [4.69, 9.17) is 9.84 Å². The third-order valence-corrected chi connectivity index (χ3v) is 10.5. The first kappa shape index (κ1) is 21.6. The summed E-state index contributed by atoms with van der Waals surface area (Å²) in [7, 11) is 1.90. The highest BCUT2D eigenvalue weighted by molar-refractivity contribution is 5.66. The molecule has 0 heterocycles. The highest BCUT2D eigenvalue weighted by Crippen LogP contribution is 2.68. The van der Waals surface area contributed by atoms with E-state index >= 15 is 0 Å². The van der Waals surface area contributed by atoms with Crippen LogP contribution >= 0.6 is 0 Å². The number of hydrogen-bond donors (Lipinski definition) is 2. The highest BCUT2D eigenvalue weighted by atomic mass is 16.5. The lowest BCUT2D eigenvalue weighted by Gasteiger charge is -2.63. The van der Waals surface area contributed by atoms with Gasteiger partial charge in [-0.3, -0.25) is 4.79 Å². The monoisotopic (exact) mass is 406 g/mol. The van der Waals surface area contributed by atoms with E-state index in [1.165, 1.54) is 25.7 Å². The van der Waals surface area contributed by atoms with Crippen molar-refractivity contribution < 1.29 is 19.7 Å². The topological polar surface area (TPSA) is 66.8 Å². The molecule has 4 rings (SSSR count). The molecule has 4 aliphatic rings. The summed E-state index contributed by atoms with van der Waals surface area (Å²) < 4.78 is 6.16. The van der Waals surface area contributed by atoms with Gasteiger partial charge in [-0.1, -0.05) is 20.8 Å². The van der Waals surface area contributed by atoms with Gasteiger partial charge in [-0.15, -0.1) is 0 Å². The fraction of sp³-hybridized carbons (Fsp3) is 0.960. The fourth-order valence-corrected chi connectivity index (χ4v) is 8.95. The van der Waals surface area contributed by atoms with Crippen molar-refractivity contribution in [3.8, 4) is 0 Å². The van der Waals surface area contributed by atoms with Gasteiger partial charge >= 0.3 is 5.97 Å². The molecule has 0 spiro atoms. The minimum Gasteiger partial charge on any atom is -0.481 e. The van der Waals surface area contributed by atoms with Crippen molar-refractivity contribution in [2.45, 2.75) is 97.2 Å². The molecule has 10 atom stereocenters. The Bertz CT molecular complexity index is 620. The second-order valence-corrected chi connectivity index (χ2v) is 11.6. The summed E-state index contributed by atoms with van der Waals surface area (Å²) in [6, 6.07) is 0. The minimum absolute atomic E-state index is 0.123. The Balaban J connectivity index is 1.58. The molecule has 0 aromatic rings. The Morgan fingerprint density at radius 3 is 2.45 bits per heavy atom. The molecule has 4 nitrogen and oxygen atoms in total. The molecule has 4 fully saturated rings. The molecule has 29 heavy (non-hydrogen) atoms. The van der Waals surface area contributed by atoms with Crippen molar-refractivity contribution in [3.05, 3.63) is 0 Å². The lowest BCUT2D eigenvalue weighted by atomic mass is 9.43. The maximum atomic E-state index is 11.1. The van der Waals surface area contributed by atoms with E-state index in [1.807, 2.05) is 7.11 Å². The number of carboxylic acids is 1. The van der Waals surface area contributed by atoms with Crippen LogP contribution in [0.5, 0.6) is 0 Å². The first-order valence-corrected chi connectivity index (χ1v) is 12.1. The van der Waals surface area contributed by atoms with E-state index in [1.54, 1.807) is 0 Å². The van der Waals surface area contributed by atoms with Crippen LogP contribution in [0.4, 0.5) is 0 Å². The van der Waals surface area contributed by atoms with Crippen LogP contribution in [0.25, 0.3) is 0 Å². The Morgan fingerprint density at radius 2 is 1.76 bits per heavy atom. The number of hydrogen-bond acceptors (Lipinski definition) is 3. The third-order valence-electron chi connectivity index (χ3n) is 10.5. The lowest BCUT2D eigenvalue weighted by molar-refractivity contribution is -0.181. The average molecular weight is 407 g/mol. The summed E-state index contributed by atoms with van der Waals surface area (Å²) in [6.45, 7) is 7.34. The number of aliphatic hydroxyl groups excluding tert-OH is 1. The first-order valence-electron chi connectivity index (χ1n) is 12.1. The van der Waals surface area contributed by atoms with Gasteiger partial charge in [0.05, 0.1) is 12.2 Å². The summed E-state index contributed by atoms with van der Waals surface area (Å²) in [6.07, 6.45) is 10.6. The zero-order valence-corrected chi connectivity index (χ0v) is 18.9. The van der Waals surface area contributed by atoms with Gasteiger partial charge in [0.15, 0.2) is 0 Å². The van der Waals surface area contributed by atoms with Crippen molar-refractivity contribution in [2.24, 2.45) is 46.3 Å². The summed E-state index contributed by atoms with van der Waals surface area (Å²) in [4.78, 5) is 11.1. The Kier molecular flexibility index (Phi) is 5.83. The van der Waals surface area contributed by atoms with Crippen LogP contribution in [0.3, 0.4) is 0 Å². The molecule has 0 aromatic carbocycles. The molecule has 4 saturated carbocycles. The summed E-state index contributed by atoms with van der Waals surface area (Å²) in [5.41, 5.74) is 0.681. The van der Waals surface area contributed by atoms with Crippen molar-refractivity contribution in [2.75, 3.05) is 7.11 Å². The molecule has 0 radical (unpaired) electrons. The minimum atomic E-state index is -0.662. The number of carbonyl (C=O) groups is 1. The van der Waals surface area contributed by atoms with Crippen LogP contribution in [-0.4, -0.2) is 35.5 Å². The van der Waals surface area contributed by atoms with Crippen molar-refractivity contribution in [1.29, 1.82) is 0 Å². The van der Waals surface area contributed by atoms with E-state index in [2.05, 4.69) is 20.8 Å². The number of rotatable bonds is 5. The van der Waals surface area contributed by atoms with Crippen LogP contribution in [0.1, 0.15) is 85.0 Å². The number of methoxy groups -OCH3 is 1. The van der Waals surface area contributed by atoms with Crippen molar-refractivity contribution in [3.63, 3.8) is 0 Å². The van der Waals surface area contributed by atoms with E-state index < -0.39 is 5.97 Å². The second kappa shape index (κ2) is 7.82. The summed E-state index contributed by atoms with van der Waals surface area (Å²) in [5.74, 6) is 3.10. The smallest absolute Gasteiger partial charge is 0.303 e. The van der Waals surface area contributed by atoms with Gasteiger partial charge in [-0.05, 0) is 104 Å². The molecule has 166 valence electrons. The standard InChI is InChI=1S/C25H42O4/c1-15(5-8-22(27)28)18-6-7-19-23-20(10-12-25(18,19)3)24(2)11-9-17(26)13-16(24)14-21(23)29-4/h15-21,23,26H,5-14H2,1-4H3,(H,27,28). The van der Waals surface area contributed by atoms with Crippen LogP contribution in [-0.2, 0) is 9.53 Å². The molecule has 0 amide bonds. The number of ether oxygens (including phenoxy) is 1. The molecule has 2 N–H and O–H groups in total. The molecule has 0 saturated heterocycles. The molecule has 0 bridgehead atoms. The van der Waals surface area contributed by atoms with E-state index in [0.717, 1.165) is 32.1 Å². The van der Waals surface area contributed by atoms with Crippen molar-refractivity contribution in [1.82, 2.24) is 0 Å². The predicted octanol–water partition coefficient (Wildman–Crippen LogP) is 5.13. The maximum absolute atomic E-state index is 11.1. The average Bonchev–Trinajstić information content (AvgIpc) is 3.03. The maximum Gasteiger partial charge on any atom is 0.303 e. The van der Waals surface area contributed by atoms with Gasteiger partial charge in [-0.2, -0.15) is 0 Å². The third kappa shape index (κ3) is 3.46. The quantitative estimate of drug-likeness (QED) is 0.664. The molecule has 10 unspecified atom stereocenters. The first-order chi connectivity index (χ1) is 13.7. The number of fused-ring (bicyclic) bond motifs is 5. The lowest BCUT2D eigenvalue weighted by Crippen LogP contribution is -2.59. The second-order valence-electron chi connectivity index (χ2n) is 11.6. The largest absolute Gasteiger partial charge is 0.481 e. The highest BCUT2D eigenvalue weighted by Gasteiger charge is 2.63. The number of aliphatic hydroxyl groups is 1. The Morgan fingerprint density at radius 1 is 1.07 bits per heavy atom. The number of aliphatic carboxylic acids is 1. The molecule has 0 aliphatic heterocycles. The van der Waals surface area contributed by atoms with Gasteiger partial charge in [0.1, 0.15) is 0 Å². The van der Waals surface area contributed by atoms with Crippen LogP contribution in [0.15, 0.2) is 0 Å². The van der Waals surface area contributed by atoms with E-state index in [9.17, 15) is 9.90 Å². The Hall–Kier alpha value is -0.610.